The van der Waals surface area contributed by atoms with Gasteiger partial charge in [0, 0.05) is 10.7 Å². The number of hydrogen-bond acceptors (Lipinski definition) is 6. The Morgan fingerprint density at radius 3 is 2.80 bits per heavy atom. The van der Waals surface area contributed by atoms with Crippen LogP contribution in [-0.2, 0) is 11.2 Å². The molecule has 0 atom stereocenters. The molecular formula is C22H23ClN4O2S. The van der Waals surface area contributed by atoms with Crippen LogP contribution < -0.4 is 10.1 Å². The van der Waals surface area contributed by atoms with Crippen LogP contribution in [0.2, 0.25) is 5.02 Å². The summed E-state index contributed by atoms with van der Waals surface area (Å²) in [7, 11) is 0. The first kappa shape index (κ1) is 21.9. The molecule has 0 saturated heterocycles. The molecular weight excluding hydrogens is 420 g/mol. The van der Waals surface area contributed by atoms with E-state index in [1.165, 1.54) is 11.8 Å². The van der Waals surface area contributed by atoms with E-state index in [0.29, 0.717) is 34.9 Å². The lowest BCUT2D eigenvalue weighted by molar-refractivity contribution is -0.113. The van der Waals surface area contributed by atoms with Crippen molar-refractivity contribution in [2.24, 2.45) is 10.1 Å². The molecule has 0 aromatic heterocycles. The average Bonchev–Trinajstić information content (AvgIpc) is 2.74. The standard InChI is InChI=1S/C22H23ClN4O2S/c1-3-13-27-14-21(29-18-11-9-17(23)10-12-18)25-22(26-27)30-15-20(28)24-19-8-6-5-7-16(19)4-2/h3,5-12H,1,4,13-15H2,2H3,(H,24,28). The number of benzene rings is 2. The minimum atomic E-state index is -0.111. The van der Waals surface area contributed by atoms with E-state index in [-0.39, 0.29) is 11.7 Å². The van der Waals surface area contributed by atoms with Gasteiger partial charge in [-0.25, -0.2) is 0 Å². The molecule has 1 aliphatic rings. The second-order valence-electron chi connectivity index (χ2n) is 6.43. The summed E-state index contributed by atoms with van der Waals surface area (Å²) in [6, 6.07) is 14.8. The molecule has 0 bridgehead atoms. The van der Waals surface area contributed by atoms with E-state index in [0.717, 1.165) is 17.7 Å². The molecule has 0 saturated carbocycles. The number of halogens is 1. The topological polar surface area (TPSA) is 66.3 Å². The van der Waals surface area contributed by atoms with E-state index in [9.17, 15) is 4.79 Å². The minimum absolute atomic E-state index is 0.111. The molecule has 1 N–H and O–H groups in total. The molecule has 1 amide bonds. The lowest BCUT2D eigenvalue weighted by Gasteiger charge is -2.23. The molecule has 156 valence electrons. The number of carbonyl (C=O) groups is 1. The molecule has 0 radical (unpaired) electrons. The Balaban J connectivity index is 1.64. The maximum atomic E-state index is 12.4. The highest BCUT2D eigenvalue weighted by molar-refractivity contribution is 8.14. The fourth-order valence-corrected chi connectivity index (χ4v) is 3.55. The molecule has 8 heteroatoms. The molecule has 0 fully saturated rings. The highest BCUT2D eigenvalue weighted by Crippen LogP contribution is 2.19. The Morgan fingerprint density at radius 2 is 2.07 bits per heavy atom. The third-order valence-electron chi connectivity index (χ3n) is 4.16. The normalized spacial score (nSPS) is 13.3. The van der Waals surface area contributed by atoms with Crippen molar-refractivity contribution in [3.05, 3.63) is 71.8 Å². The number of anilines is 1. The van der Waals surface area contributed by atoms with E-state index in [1.54, 1.807) is 35.4 Å². The van der Waals surface area contributed by atoms with Crippen molar-refractivity contribution in [1.82, 2.24) is 5.01 Å². The van der Waals surface area contributed by atoms with Crippen LogP contribution in [0.25, 0.3) is 0 Å². The number of amides is 1. The summed E-state index contributed by atoms with van der Waals surface area (Å²) in [4.78, 5) is 16.9. The van der Waals surface area contributed by atoms with Gasteiger partial charge in [0.2, 0.25) is 17.0 Å². The predicted molar refractivity (Wildman–Crippen MR) is 126 cm³/mol. The van der Waals surface area contributed by atoms with E-state index >= 15 is 0 Å². The Morgan fingerprint density at radius 1 is 1.30 bits per heavy atom. The van der Waals surface area contributed by atoms with Crippen LogP contribution in [0.4, 0.5) is 5.69 Å². The van der Waals surface area contributed by atoms with Gasteiger partial charge in [0.1, 0.15) is 12.3 Å². The van der Waals surface area contributed by atoms with Crippen LogP contribution in [0.5, 0.6) is 5.75 Å². The van der Waals surface area contributed by atoms with Gasteiger partial charge in [-0.3, -0.25) is 9.80 Å². The van der Waals surface area contributed by atoms with Crippen LogP contribution in [0.15, 0.2) is 71.3 Å². The number of hydrogen-bond donors (Lipinski definition) is 1. The van der Waals surface area contributed by atoms with Crippen molar-refractivity contribution in [3.8, 4) is 5.75 Å². The van der Waals surface area contributed by atoms with Crippen LogP contribution in [0.1, 0.15) is 12.5 Å². The van der Waals surface area contributed by atoms with Gasteiger partial charge in [0.05, 0.1) is 12.3 Å². The number of para-hydroxylation sites is 1. The third kappa shape index (κ3) is 6.37. The van der Waals surface area contributed by atoms with E-state index in [4.69, 9.17) is 16.3 Å². The van der Waals surface area contributed by atoms with E-state index in [2.05, 4.69) is 28.9 Å². The largest absolute Gasteiger partial charge is 0.441 e. The monoisotopic (exact) mass is 442 g/mol. The summed E-state index contributed by atoms with van der Waals surface area (Å²) in [5.41, 5.74) is 1.93. The average molecular weight is 443 g/mol. The van der Waals surface area contributed by atoms with Crippen molar-refractivity contribution in [2.75, 3.05) is 24.2 Å². The van der Waals surface area contributed by atoms with Gasteiger partial charge >= 0.3 is 0 Å². The maximum absolute atomic E-state index is 12.4. The van der Waals surface area contributed by atoms with E-state index in [1.807, 2.05) is 24.3 Å². The first-order valence-electron chi connectivity index (χ1n) is 9.53. The van der Waals surface area contributed by atoms with E-state index < -0.39 is 0 Å². The second-order valence-corrected chi connectivity index (χ2v) is 7.81. The summed E-state index contributed by atoms with van der Waals surface area (Å²) < 4.78 is 5.87. The third-order valence-corrected chi connectivity index (χ3v) is 5.25. The molecule has 1 aliphatic heterocycles. The van der Waals surface area contributed by atoms with Crippen LogP contribution in [-0.4, -0.2) is 40.8 Å². The zero-order valence-electron chi connectivity index (χ0n) is 16.7. The molecule has 2 aromatic rings. The fourth-order valence-electron chi connectivity index (χ4n) is 2.75. The Bertz CT molecular complexity index is 960. The number of amidine groups is 1. The van der Waals surface area contributed by atoms with Gasteiger partial charge < -0.3 is 10.1 Å². The number of nitrogens with zero attached hydrogens (tertiary/aromatic N) is 3. The minimum Gasteiger partial charge on any atom is -0.441 e. The fraction of sp³-hybridized carbons (Fsp3) is 0.227. The van der Waals surface area contributed by atoms with Gasteiger partial charge in [0.15, 0.2) is 0 Å². The van der Waals surface area contributed by atoms with Gasteiger partial charge in [-0.2, -0.15) is 4.99 Å². The first-order valence-corrected chi connectivity index (χ1v) is 10.9. The zero-order chi connectivity index (χ0) is 21.3. The summed E-state index contributed by atoms with van der Waals surface area (Å²) in [6.07, 6.45) is 2.61. The van der Waals surface area contributed by atoms with Gasteiger partial charge in [-0.15, -0.1) is 11.7 Å². The lowest BCUT2D eigenvalue weighted by Crippen LogP contribution is -2.33. The van der Waals surface area contributed by atoms with Crippen LogP contribution >= 0.6 is 23.4 Å². The smallest absolute Gasteiger partial charge is 0.234 e. The van der Waals surface area contributed by atoms with Crippen molar-refractivity contribution < 1.29 is 9.53 Å². The number of carbonyl (C=O) groups excluding carboxylic acids is 1. The number of ether oxygens (including phenoxy) is 1. The highest BCUT2D eigenvalue weighted by Gasteiger charge is 2.18. The number of aliphatic imine (C=N–C) groups is 1. The molecule has 2 aromatic carbocycles. The van der Waals surface area contributed by atoms with Crippen LogP contribution in [0, 0.1) is 0 Å². The Hall–Kier alpha value is -2.77. The van der Waals surface area contributed by atoms with Crippen molar-refractivity contribution in [3.63, 3.8) is 0 Å². The quantitative estimate of drug-likeness (QED) is 0.624. The summed E-state index contributed by atoms with van der Waals surface area (Å²) in [5.74, 6) is 1.21. The molecule has 0 aliphatic carbocycles. The summed E-state index contributed by atoms with van der Waals surface area (Å²) >= 11 is 7.18. The molecule has 3 rings (SSSR count). The second kappa shape index (κ2) is 10.8. The Kier molecular flexibility index (Phi) is 7.93. The van der Waals surface area contributed by atoms with Crippen molar-refractivity contribution in [2.45, 2.75) is 13.3 Å². The van der Waals surface area contributed by atoms with Gasteiger partial charge in [-0.1, -0.05) is 54.6 Å². The van der Waals surface area contributed by atoms with Crippen LogP contribution in [0.3, 0.4) is 0 Å². The molecule has 6 nitrogen and oxygen atoms in total. The SMILES string of the molecule is C=CCN1CC(Oc2ccc(Cl)cc2)=NC(SCC(=O)Nc2ccccc2CC)=N1. The Labute approximate surface area is 185 Å². The lowest BCUT2D eigenvalue weighted by atomic mass is 10.1. The van der Waals surface area contributed by atoms with Crippen molar-refractivity contribution >= 4 is 46.0 Å². The number of nitrogens with one attached hydrogen (secondary N) is 1. The molecule has 1 heterocycles. The first-order chi connectivity index (χ1) is 14.6. The summed E-state index contributed by atoms with van der Waals surface area (Å²) in [5, 5.41) is 10.3. The van der Waals surface area contributed by atoms with Crippen molar-refractivity contribution in [1.29, 1.82) is 0 Å². The molecule has 0 spiro atoms. The number of thioether (sulfide) groups is 1. The molecule has 30 heavy (non-hydrogen) atoms. The molecule has 0 unspecified atom stereocenters. The number of hydrazone groups is 1. The highest BCUT2D eigenvalue weighted by atomic mass is 35.5. The van der Waals surface area contributed by atoms with Gasteiger partial charge in [-0.05, 0) is 42.3 Å². The van der Waals surface area contributed by atoms with Gasteiger partial charge in [0.25, 0.3) is 0 Å². The maximum Gasteiger partial charge on any atom is 0.234 e. The number of rotatable bonds is 7. The predicted octanol–water partition coefficient (Wildman–Crippen LogP) is 4.82. The summed E-state index contributed by atoms with van der Waals surface area (Å²) in [6.45, 7) is 6.77. The zero-order valence-corrected chi connectivity index (χ0v) is 18.2. The number of aryl methyl sites for hydroxylation is 1.